The highest BCUT2D eigenvalue weighted by Gasteiger charge is 2.39. The molecule has 0 radical (unpaired) electrons. The average molecular weight is 327 g/mol. The normalized spacial score (nSPS) is 28.1. The maximum atomic E-state index is 12.5. The van der Waals surface area contributed by atoms with Crippen LogP contribution < -0.4 is 16.0 Å². The number of carbonyl (C=O) groups is 2. The van der Waals surface area contributed by atoms with Crippen LogP contribution in [-0.2, 0) is 9.59 Å². The van der Waals surface area contributed by atoms with Crippen LogP contribution in [-0.4, -0.2) is 24.0 Å². The molecule has 128 valence electrons. The Hall–Kier alpha value is -1.88. The van der Waals surface area contributed by atoms with E-state index >= 15 is 0 Å². The topological polar surface area (TPSA) is 70.2 Å². The Kier molecular flexibility index (Phi) is 4.04. The summed E-state index contributed by atoms with van der Waals surface area (Å²) in [5.41, 5.74) is 2.50. The highest BCUT2D eigenvalue weighted by atomic mass is 16.2. The van der Waals surface area contributed by atoms with Gasteiger partial charge in [0, 0.05) is 0 Å². The molecule has 1 aliphatic heterocycles. The van der Waals surface area contributed by atoms with E-state index < -0.39 is 6.04 Å². The predicted molar refractivity (Wildman–Crippen MR) is 91.2 cm³/mol. The highest BCUT2D eigenvalue weighted by molar-refractivity contribution is 5.89. The van der Waals surface area contributed by atoms with Crippen LogP contribution in [0, 0.1) is 5.92 Å². The molecule has 2 amide bonds. The van der Waals surface area contributed by atoms with Gasteiger partial charge in [-0.05, 0) is 55.6 Å². The minimum absolute atomic E-state index is 0.0350. The lowest BCUT2D eigenvalue weighted by atomic mass is 10.0. The van der Waals surface area contributed by atoms with Gasteiger partial charge >= 0.3 is 0 Å². The molecule has 2 unspecified atom stereocenters. The first-order valence-electron chi connectivity index (χ1n) is 9.06. The Morgan fingerprint density at radius 1 is 1.17 bits per heavy atom. The molecule has 1 saturated heterocycles. The van der Waals surface area contributed by atoms with E-state index in [0.29, 0.717) is 5.92 Å². The molecule has 24 heavy (non-hydrogen) atoms. The number of carbonyl (C=O) groups excluding carboxylic acids is 2. The van der Waals surface area contributed by atoms with Gasteiger partial charge in [-0.15, -0.1) is 0 Å². The zero-order valence-electron chi connectivity index (χ0n) is 14.0. The van der Waals surface area contributed by atoms with Crippen LogP contribution in [0.25, 0.3) is 0 Å². The van der Waals surface area contributed by atoms with E-state index in [9.17, 15) is 9.59 Å². The summed E-state index contributed by atoms with van der Waals surface area (Å²) in [6.07, 6.45) is 5.00. The summed E-state index contributed by atoms with van der Waals surface area (Å²) < 4.78 is 0. The van der Waals surface area contributed by atoms with E-state index in [2.05, 4.69) is 40.2 Å². The molecule has 1 aromatic rings. The van der Waals surface area contributed by atoms with Gasteiger partial charge in [-0.2, -0.15) is 0 Å². The third-order valence-corrected chi connectivity index (χ3v) is 5.34. The Morgan fingerprint density at radius 3 is 2.50 bits per heavy atom. The zero-order chi connectivity index (χ0) is 16.7. The predicted octanol–water partition coefficient (Wildman–Crippen LogP) is 1.96. The molecular weight excluding hydrogens is 302 g/mol. The van der Waals surface area contributed by atoms with Crippen molar-refractivity contribution in [3.8, 4) is 0 Å². The van der Waals surface area contributed by atoms with Crippen LogP contribution in [0.5, 0.6) is 0 Å². The van der Waals surface area contributed by atoms with E-state index in [1.807, 2.05) is 6.92 Å². The first-order valence-corrected chi connectivity index (χ1v) is 9.06. The molecule has 2 aliphatic carbocycles. The van der Waals surface area contributed by atoms with Crippen molar-refractivity contribution < 1.29 is 9.59 Å². The number of nitrogens with one attached hydrogen (secondary N) is 3. The van der Waals surface area contributed by atoms with E-state index in [1.54, 1.807) is 0 Å². The maximum absolute atomic E-state index is 12.5. The molecule has 4 rings (SSSR count). The summed E-state index contributed by atoms with van der Waals surface area (Å²) in [7, 11) is 0. The van der Waals surface area contributed by atoms with Crippen molar-refractivity contribution in [3.05, 3.63) is 35.4 Å². The Balaban J connectivity index is 1.36. The molecule has 0 bridgehead atoms. The van der Waals surface area contributed by atoms with Gasteiger partial charge in [0.25, 0.3) is 0 Å². The third-order valence-electron chi connectivity index (χ3n) is 5.34. The molecule has 3 fully saturated rings. The van der Waals surface area contributed by atoms with Crippen LogP contribution in [0.4, 0.5) is 0 Å². The van der Waals surface area contributed by atoms with Crippen LogP contribution in [0.3, 0.4) is 0 Å². The van der Waals surface area contributed by atoms with E-state index in [4.69, 9.17) is 0 Å². The zero-order valence-corrected chi connectivity index (χ0v) is 14.0. The molecule has 1 heterocycles. The number of amides is 2. The minimum Gasteiger partial charge on any atom is -0.348 e. The second-order valence-corrected chi connectivity index (χ2v) is 7.48. The number of hydrogen-bond acceptors (Lipinski definition) is 3. The van der Waals surface area contributed by atoms with Gasteiger partial charge in [-0.25, -0.2) is 0 Å². The van der Waals surface area contributed by atoms with E-state index in [-0.39, 0.29) is 30.4 Å². The molecule has 5 nitrogen and oxygen atoms in total. The Morgan fingerprint density at radius 2 is 1.88 bits per heavy atom. The first kappa shape index (κ1) is 15.6. The smallest absolute Gasteiger partial charge is 0.238 e. The second kappa shape index (κ2) is 6.20. The summed E-state index contributed by atoms with van der Waals surface area (Å²) in [5.74, 6) is 1.10. The SMILES string of the molecule is C[C@@H](NC(=O)C1CC(=O)NC(C2CC2)N1)c1ccc(C2CC2)cc1. The fourth-order valence-corrected chi connectivity index (χ4v) is 3.46. The quantitative estimate of drug-likeness (QED) is 0.774. The molecular formula is C19H25N3O2. The van der Waals surface area contributed by atoms with Crippen molar-refractivity contribution in [1.82, 2.24) is 16.0 Å². The Bertz CT molecular complexity index is 635. The van der Waals surface area contributed by atoms with Crippen LogP contribution in [0.1, 0.15) is 62.1 Å². The third kappa shape index (κ3) is 3.46. The van der Waals surface area contributed by atoms with Crippen LogP contribution in [0.2, 0.25) is 0 Å². The van der Waals surface area contributed by atoms with Gasteiger partial charge in [0.05, 0.1) is 24.7 Å². The van der Waals surface area contributed by atoms with Gasteiger partial charge in [0.15, 0.2) is 0 Å². The lowest BCUT2D eigenvalue weighted by Gasteiger charge is -2.31. The lowest BCUT2D eigenvalue weighted by molar-refractivity contribution is -0.132. The van der Waals surface area contributed by atoms with Gasteiger partial charge in [-0.1, -0.05) is 24.3 Å². The van der Waals surface area contributed by atoms with Crippen molar-refractivity contribution in [2.45, 2.75) is 63.2 Å². The van der Waals surface area contributed by atoms with Crippen molar-refractivity contribution in [2.75, 3.05) is 0 Å². The van der Waals surface area contributed by atoms with Crippen molar-refractivity contribution in [1.29, 1.82) is 0 Å². The number of rotatable bonds is 5. The molecule has 3 aliphatic rings. The first-order chi connectivity index (χ1) is 11.6. The van der Waals surface area contributed by atoms with E-state index in [1.165, 1.54) is 18.4 Å². The molecule has 1 aromatic carbocycles. The van der Waals surface area contributed by atoms with Crippen molar-refractivity contribution in [2.24, 2.45) is 5.92 Å². The van der Waals surface area contributed by atoms with Crippen LogP contribution >= 0.6 is 0 Å². The summed E-state index contributed by atoms with van der Waals surface area (Å²) in [5, 5.41) is 9.28. The van der Waals surface area contributed by atoms with Gasteiger partial charge in [0.1, 0.15) is 0 Å². The number of benzene rings is 1. The fourth-order valence-electron chi connectivity index (χ4n) is 3.46. The molecule has 3 N–H and O–H groups in total. The van der Waals surface area contributed by atoms with Gasteiger partial charge in [-0.3, -0.25) is 14.9 Å². The number of hydrogen-bond donors (Lipinski definition) is 3. The summed E-state index contributed by atoms with van der Waals surface area (Å²) in [6, 6.07) is 8.06. The average Bonchev–Trinajstić information content (AvgIpc) is 3.47. The maximum Gasteiger partial charge on any atom is 0.238 e. The van der Waals surface area contributed by atoms with Crippen LogP contribution in [0.15, 0.2) is 24.3 Å². The molecule has 3 atom stereocenters. The van der Waals surface area contributed by atoms with E-state index in [0.717, 1.165) is 24.3 Å². The Labute approximate surface area is 142 Å². The standard InChI is InChI=1S/C19H25N3O2/c1-11(12-2-4-13(5-3-12)14-6-7-14)20-19(24)16-10-17(23)22-18(21-16)15-8-9-15/h2-5,11,14-16,18,21H,6-10H2,1H3,(H,20,24)(H,22,23)/t11-,16?,18?/m1/s1. The summed E-state index contributed by atoms with van der Waals surface area (Å²) in [6.45, 7) is 1.99. The summed E-state index contributed by atoms with van der Waals surface area (Å²) in [4.78, 5) is 24.4. The molecule has 0 aromatic heterocycles. The van der Waals surface area contributed by atoms with Crippen molar-refractivity contribution >= 4 is 11.8 Å². The molecule has 2 saturated carbocycles. The second-order valence-electron chi connectivity index (χ2n) is 7.48. The minimum atomic E-state index is -0.433. The fraction of sp³-hybridized carbons (Fsp3) is 0.579. The molecule has 5 heteroatoms. The van der Waals surface area contributed by atoms with Crippen molar-refractivity contribution in [3.63, 3.8) is 0 Å². The van der Waals surface area contributed by atoms with Gasteiger partial charge < -0.3 is 10.6 Å². The monoisotopic (exact) mass is 327 g/mol. The van der Waals surface area contributed by atoms with Gasteiger partial charge in [0.2, 0.25) is 11.8 Å². The largest absolute Gasteiger partial charge is 0.348 e. The highest BCUT2D eigenvalue weighted by Crippen LogP contribution is 2.40. The lowest BCUT2D eigenvalue weighted by Crippen LogP contribution is -2.61. The molecule has 0 spiro atoms. The summed E-state index contributed by atoms with van der Waals surface area (Å²) >= 11 is 0.